The molecule has 2 amide bonds. The molecule has 0 bridgehead atoms. The summed E-state index contributed by atoms with van der Waals surface area (Å²) in [6.07, 6.45) is 1.23. The number of nitrogens with one attached hydrogen (secondary N) is 1. The molecular weight excluding hydrogens is 426 g/mol. The van der Waals surface area contributed by atoms with Crippen molar-refractivity contribution in [2.45, 2.75) is 11.3 Å². The Kier molecular flexibility index (Phi) is 5.20. The second-order valence-electron chi connectivity index (χ2n) is 6.99. The van der Waals surface area contributed by atoms with E-state index in [1.165, 1.54) is 24.5 Å². The fourth-order valence-electron chi connectivity index (χ4n) is 3.37. The van der Waals surface area contributed by atoms with E-state index in [4.69, 9.17) is 4.74 Å². The Morgan fingerprint density at radius 2 is 2.03 bits per heavy atom. The number of fused-ring (bicyclic) bond motifs is 1. The van der Waals surface area contributed by atoms with Crippen LogP contribution in [0.3, 0.4) is 0 Å². The second-order valence-corrected chi connectivity index (χ2v) is 10.0. The first kappa shape index (κ1) is 20.3. The summed E-state index contributed by atoms with van der Waals surface area (Å²) in [5.41, 5.74) is 1.23. The van der Waals surface area contributed by atoms with E-state index in [9.17, 15) is 18.0 Å². The van der Waals surface area contributed by atoms with Gasteiger partial charge in [-0.05, 0) is 30.3 Å². The van der Waals surface area contributed by atoms with Crippen LogP contribution < -0.4 is 15.0 Å². The van der Waals surface area contributed by atoms with Crippen molar-refractivity contribution in [3.63, 3.8) is 0 Å². The fourth-order valence-corrected chi connectivity index (χ4v) is 5.00. The third-order valence-electron chi connectivity index (χ3n) is 4.89. The smallest absolute Gasteiger partial charge is 0.231 e. The maximum atomic E-state index is 12.7. The predicted molar refractivity (Wildman–Crippen MR) is 115 cm³/mol. The summed E-state index contributed by atoms with van der Waals surface area (Å²) >= 11 is 1.19. The zero-order valence-corrected chi connectivity index (χ0v) is 17.9. The number of carbonyl (C=O) groups is 2. The van der Waals surface area contributed by atoms with Gasteiger partial charge in [-0.2, -0.15) is 0 Å². The van der Waals surface area contributed by atoms with Crippen molar-refractivity contribution in [2.24, 2.45) is 5.92 Å². The van der Waals surface area contributed by atoms with Gasteiger partial charge in [0.15, 0.2) is 15.0 Å². The van der Waals surface area contributed by atoms with Crippen LogP contribution in [0.2, 0.25) is 0 Å². The van der Waals surface area contributed by atoms with Crippen LogP contribution >= 0.6 is 11.3 Å². The molecule has 156 valence electrons. The summed E-state index contributed by atoms with van der Waals surface area (Å²) in [6, 6.07) is 11.8. The van der Waals surface area contributed by atoms with Gasteiger partial charge in [-0.25, -0.2) is 13.4 Å². The summed E-state index contributed by atoms with van der Waals surface area (Å²) in [6.45, 7) is 0.244. The number of rotatable bonds is 5. The third kappa shape index (κ3) is 3.88. The fraction of sp³-hybridized carbons (Fsp3) is 0.250. The van der Waals surface area contributed by atoms with Crippen LogP contribution in [0.25, 0.3) is 10.2 Å². The molecule has 1 saturated heterocycles. The van der Waals surface area contributed by atoms with Gasteiger partial charge in [0.25, 0.3) is 0 Å². The molecule has 10 heteroatoms. The first-order valence-electron chi connectivity index (χ1n) is 9.11. The Morgan fingerprint density at radius 1 is 1.27 bits per heavy atom. The summed E-state index contributed by atoms with van der Waals surface area (Å²) in [4.78, 5) is 31.3. The number of anilines is 2. The number of methoxy groups -OCH3 is 1. The second kappa shape index (κ2) is 7.69. The van der Waals surface area contributed by atoms with Crippen molar-refractivity contribution < 1.29 is 22.7 Å². The van der Waals surface area contributed by atoms with E-state index in [0.29, 0.717) is 26.8 Å². The van der Waals surface area contributed by atoms with Crippen molar-refractivity contribution in [3.05, 3.63) is 42.5 Å². The lowest BCUT2D eigenvalue weighted by molar-refractivity contribution is -0.122. The van der Waals surface area contributed by atoms with Gasteiger partial charge in [0.2, 0.25) is 11.8 Å². The third-order valence-corrected chi connectivity index (χ3v) is 6.93. The van der Waals surface area contributed by atoms with Crippen LogP contribution in [0, 0.1) is 5.92 Å². The van der Waals surface area contributed by atoms with E-state index in [1.54, 1.807) is 29.2 Å². The SMILES string of the molecule is COc1ccccc1N1CC(C(=O)Nc2nc3ccc(S(C)(=O)=O)cc3s2)CC1=O. The molecule has 1 aliphatic rings. The predicted octanol–water partition coefficient (Wildman–Crippen LogP) is 2.70. The molecule has 2 heterocycles. The minimum absolute atomic E-state index is 0.0903. The molecule has 1 aliphatic heterocycles. The molecule has 8 nitrogen and oxygen atoms in total. The largest absolute Gasteiger partial charge is 0.495 e. The van der Waals surface area contributed by atoms with Gasteiger partial charge in [0.1, 0.15) is 5.75 Å². The first-order chi connectivity index (χ1) is 14.3. The van der Waals surface area contributed by atoms with E-state index < -0.39 is 15.8 Å². The van der Waals surface area contributed by atoms with Gasteiger partial charge < -0.3 is 15.0 Å². The quantitative estimate of drug-likeness (QED) is 0.647. The lowest BCUT2D eigenvalue weighted by atomic mass is 10.1. The zero-order valence-electron chi connectivity index (χ0n) is 16.3. The highest BCUT2D eigenvalue weighted by Gasteiger charge is 2.36. The van der Waals surface area contributed by atoms with Crippen molar-refractivity contribution >= 4 is 54.0 Å². The molecular formula is C20H19N3O5S2. The average Bonchev–Trinajstić information content (AvgIpc) is 3.29. The molecule has 0 radical (unpaired) electrons. The van der Waals surface area contributed by atoms with Gasteiger partial charge in [-0.1, -0.05) is 23.5 Å². The molecule has 0 saturated carbocycles. The molecule has 0 aliphatic carbocycles. The standard InChI is InChI=1S/C20H19N3O5S2/c1-28-16-6-4-3-5-15(16)23-11-12(9-18(23)24)19(25)22-20-21-14-8-7-13(30(2,26)27)10-17(14)29-20/h3-8,10,12H,9,11H2,1-2H3,(H,21,22,25). The summed E-state index contributed by atoms with van der Waals surface area (Å²) < 4.78 is 29.4. The van der Waals surface area contributed by atoms with E-state index in [1.807, 2.05) is 12.1 Å². The van der Waals surface area contributed by atoms with Crippen molar-refractivity contribution in [2.75, 3.05) is 30.1 Å². The number of aromatic nitrogens is 1. The number of ether oxygens (including phenoxy) is 1. The number of amides is 2. The molecule has 4 rings (SSSR count). The van der Waals surface area contributed by atoms with E-state index in [0.717, 1.165) is 6.26 Å². The summed E-state index contributed by atoms with van der Waals surface area (Å²) in [5, 5.41) is 3.13. The minimum atomic E-state index is -3.33. The minimum Gasteiger partial charge on any atom is -0.495 e. The zero-order chi connectivity index (χ0) is 21.5. The number of thiazole rings is 1. The Hall–Kier alpha value is -2.98. The highest BCUT2D eigenvalue weighted by atomic mass is 32.2. The van der Waals surface area contributed by atoms with Gasteiger partial charge in [-0.3, -0.25) is 9.59 Å². The Bertz CT molecular complexity index is 1250. The Balaban J connectivity index is 1.51. The summed E-state index contributed by atoms with van der Waals surface area (Å²) in [7, 11) is -1.79. The van der Waals surface area contributed by atoms with E-state index >= 15 is 0 Å². The van der Waals surface area contributed by atoms with Crippen molar-refractivity contribution in [1.82, 2.24) is 4.98 Å². The van der Waals surface area contributed by atoms with Gasteiger partial charge in [-0.15, -0.1) is 0 Å². The van der Waals surface area contributed by atoms with Gasteiger partial charge in [0, 0.05) is 19.2 Å². The van der Waals surface area contributed by atoms with E-state index in [-0.39, 0.29) is 29.7 Å². The number of nitrogens with zero attached hydrogens (tertiary/aromatic N) is 2. The Morgan fingerprint density at radius 3 is 2.77 bits per heavy atom. The lowest BCUT2D eigenvalue weighted by Gasteiger charge is -2.19. The molecule has 0 spiro atoms. The van der Waals surface area contributed by atoms with Crippen LogP contribution in [-0.2, 0) is 19.4 Å². The highest BCUT2D eigenvalue weighted by molar-refractivity contribution is 7.90. The lowest BCUT2D eigenvalue weighted by Crippen LogP contribution is -2.28. The molecule has 1 unspecified atom stereocenters. The first-order valence-corrected chi connectivity index (χ1v) is 11.8. The van der Waals surface area contributed by atoms with Gasteiger partial charge >= 0.3 is 0 Å². The Labute approximate surface area is 177 Å². The number of benzene rings is 2. The summed E-state index contributed by atoms with van der Waals surface area (Å²) in [5.74, 6) is -0.411. The maximum Gasteiger partial charge on any atom is 0.231 e. The van der Waals surface area contributed by atoms with Gasteiger partial charge in [0.05, 0.1) is 33.8 Å². The van der Waals surface area contributed by atoms with Crippen molar-refractivity contribution in [1.29, 1.82) is 0 Å². The normalized spacial score (nSPS) is 16.8. The van der Waals surface area contributed by atoms with Crippen LogP contribution in [0.15, 0.2) is 47.4 Å². The van der Waals surface area contributed by atoms with Crippen LogP contribution in [0.4, 0.5) is 10.8 Å². The number of para-hydroxylation sites is 2. The van der Waals surface area contributed by atoms with Crippen molar-refractivity contribution in [3.8, 4) is 5.75 Å². The number of sulfone groups is 1. The maximum absolute atomic E-state index is 12.7. The van der Waals surface area contributed by atoms with Crippen LogP contribution in [0.1, 0.15) is 6.42 Å². The highest BCUT2D eigenvalue weighted by Crippen LogP contribution is 2.34. The molecule has 2 aromatic carbocycles. The molecule has 1 atom stereocenters. The topological polar surface area (TPSA) is 106 Å². The molecule has 30 heavy (non-hydrogen) atoms. The molecule has 3 aromatic rings. The monoisotopic (exact) mass is 445 g/mol. The number of hydrogen-bond acceptors (Lipinski definition) is 7. The van der Waals surface area contributed by atoms with Crippen LogP contribution in [-0.4, -0.2) is 45.1 Å². The number of hydrogen-bond donors (Lipinski definition) is 1. The molecule has 1 fully saturated rings. The number of carbonyl (C=O) groups excluding carboxylic acids is 2. The van der Waals surface area contributed by atoms with E-state index in [2.05, 4.69) is 10.3 Å². The van der Waals surface area contributed by atoms with Crippen LogP contribution in [0.5, 0.6) is 5.75 Å². The molecule has 1 N–H and O–H groups in total. The average molecular weight is 446 g/mol. The molecule has 1 aromatic heterocycles.